The van der Waals surface area contributed by atoms with E-state index in [0.717, 1.165) is 9.87 Å². The molecule has 1 atom stereocenters. The minimum Gasteiger partial charge on any atom is -0.454 e. The predicted octanol–water partition coefficient (Wildman–Crippen LogP) is 5.04. The van der Waals surface area contributed by atoms with Gasteiger partial charge in [-0.2, -0.15) is 0 Å². The van der Waals surface area contributed by atoms with Crippen LogP contribution in [0.25, 0.3) is 0 Å². The molecule has 0 aliphatic carbocycles. The van der Waals surface area contributed by atoms with Crippen molar-refractivity contribution in [1.82, 2.24) is 10.2 Å². The van der Waals surface area contributed by atoms with Crippen LogP contribution in [0.1, 0.15) is 31.9 Å². The molecule has 0 aromatic heterocycles. The molecule has 1 unspecified atom stereocenters. The molecular formula is C30H33Cl2N3O6S. The van der Waals surface area contributed by atoms with E-state index in [1.807, 2.05) is 44.2 Å². The monoisotopic (exact) mass is 633 g/mol. The number of benzene rings is 3. The second-order valence-electron chi connectivity index (χ2n) is 10.0. The number of anilines is 1. The van der Waals surface area contributed by atoms with Crippen molar-refractivity contribution in [3.05, 3.63) is 87.9 Å². The van der Waals surface area contributed by atoms with Gasteiger partial charge in [-0.15, -0.1) is 0 Å². The van der Waals surface area contributed by atoms with Crippen molar-refractivity contribution in [2.45, 2.75) is 45.8 Å². The molecule has 0 spiro atoms. The smallest absolute Gasteiger partial charge is 0.244 e. The van der Waals surface area contributed by atoms with Crippen molar-refractivity contribution >= 4 is 50.7 Å². The molecule has 1 heterocycles. The normalized spacial score (nSPS) is 13.1. The Bertz CT molecular complexity index is 1510. The number of carbonyl (C=O) groups excluding carboxylic acids is 2. The number of carbonyl (C=O) groups is 2. The van der Waals surface area contributed by atoms with Gasteiger partial charge in [-0.25, -0.2) is 8.42 Å². The zero-order chi connectivity index (χ0) is 30.4. The molecule has 3 aromatic carbocycles. The lowest BCUT2D eigenvalue weighted by Crippen LogP contribution is -2.54. The molecule has 224 valence electrons. The molecule has 0 saturated heterocycles. The summed E-state index contributed by atoms with van der Waals surface area (Å²) < 4.78 is 38.5. The topological polar surface area (TPSA) is 105 Å². The van der Waals surface area contributed by atoms with Crippen LogP contribution in [0.4, 0.5) is 5.69 Å². The summed E-state index contributed by atoms with van der Waals surface area (Å²) in [5.41, 5.74) is 1.49. The van der Waals surface area contributed by atoms with E-state index in [1.54, 1.807) is 30.3 Å². The number of nitrogens with one attached hydrogen (secondary N) is 1. The summed E-state index contributed by atoms with van der Waals surface area (Å²) in [4.78, 5) is 29.3. The highest BCUT2D eigenvalue weighted by Crippen LogP contribution is 2.36. The lowest BCUT2D eigenvalue weighted by atomic mass is 10.0. The molecule has 0 saturated carbocycles. The van der Waals surface area contributed by atoms with Crippen molar-refractivity contribution < 1.29 is 27.5 Å². The van der Waals surface area contributed by atoms with E-state index >= 15 is 0 Å². The van der Waals surface area contributed by atoms with Gasteiger partial charge in [-0.05, 0) is 50.6 Å². The largest absolute Gasteiger partial charge is 0.454 e. The predicted molar refractivity (Wildman–Crippen MR) is 164 cm³/mol. The van der Waals surface area contributed by atoms with Gasteiger partial charge in [0, 0.05) is 40.7 Å². The SMILES string of the molecule is CCS(=O)(=O)N(CC(=O)N(Cc1c(Cl)cccc1Cl)C(Cc1ccccc1)C(=O)NC(C)C)c1ccc2c(c1)OCO2. The van der Waals surface area contributed by atoms with E-state index in [2.05, 4.69) is 5.32 Å². The van der Waals surface area contributed by atoms with Crippen LogP contribution in [-0.4, -0.2) is 56.3 Å². The number of halogens is 2. The fourth-order valence-electron chi connectivity index (χ4n) is 4.55. The minimum atomic E-state index is -3.94. The first kappa shape index (κ1) is 31.5. The number of fused-ring (bicyclic) bond motifs is 1. The zero-order valence-corrected chi connectivity index (χ0v) is 25.9. The summed E-state index contributed by atoms with van der Waals surface area (Å²) in [7, 11) is -3.94. The average Bonchev–Trinajstić information content (AvgIpc) is 3.43. The van der Waals surface area contributed by atoms with Crippen LogP contribution in [-0.2, 0) is 32.6 Å². The van der Waals surface area contributed by atoms with Crippen molar-refractivity contribution in [1.29, 1.82) is 0 Å². The van der Waals surface area contributed by atoms with E-state index in [0.29, 0.717) is 27.1 Å². The summed E-state index contributed by atoms with van der Waals surface area (Å²) in [6.45, 7) is 4.46. The van der Waals surface area contributed by atoms with Gasteiger partial charge in [0.15, 0.2) is 11.5 Å². The van der Waals surface area contributed by atoms with E-state index in [4.69, 9.17) is 32.7 Å². The molecule has 0 fully saturated rings. The van der Waals surface area contributed by atoms with E-state index < -0.39 is 34.4 Å². The fraction of sp³-hybridized carbons (Fsp3) is 0.333. The van der Waals surface area contributed by atoms with Crippen LogP contribution in [0.2, 0.25) is 10.0 Å². The molecule has 1 aliphatic heterocycles. The standard InChI is InChI=1S/C30H33Cl2N3O6S/c1-4-42(38,39)35(22-13-14-27-28(16-22)41-19-40-27)18-29(36)34(17-23-24(31)11-8-12-25(23)32)26(30(37)33-20(2)3)15-21-9-6-5-7-10-21/h5-14,16,20,26H,4,15,17-19H2,1-3H3,(H,33,37). The summed E-state index contributed by atoms with van der Waals surface area (Å²) >= 11 is 13.0. The number of nitrogens with zero attached hydrogens (tertiary/aromatic N) is 2. The van der Waals surface area contributed by atoms with Crippen molar-refractivity contribution in [2.24, 2.45) is 0 Å². The van der Waals surface area contributed by atoms with Crippen LogP contribution in [0.3, 0.4) is 0 Å². The zero-order valence-electron chi connectivity index (χ0n) is 23.5. The Hall–Kier alpha value is -3.47. The minimum absolute atomic E-state index is 0.0107. The molecule has 2 amide bonds. The number of amides is 2. The Balaban J connectivity index is 1.78. The van der Waals surface area contributed by atoms with Crippen LogP contribution in [0.5, 0.6) is 11.5 Å². The maximum Gasteiger partial charge on any atom is 0.244 e. The molecule has 42 heavy (non-hydrogen) atoms. The van der Waals surface area contributed by atoms with Crippen LogP contribution in [0, 0.1) is 0 Å². The second kappa shape index (κ2) is 13.7. The van der Waals surface area contributed by atoms with Crippen molar-refractivity contribution in [2.75, 3.05) is 23.4 Å². The van der Waals surface area contributed by atoms with Gasteiger partial charge in [-0.3, -0.25) is 13.9 Å². The summed E-state index contributed by atoms with van der Waals surface area (Å²) in [6, 6.07) is 17.7. The lowest BCUT2D eigenvalue weighted by molar-refractivity contribution is -0.140. The Morgan fingerprint density at radius 3 is 2.26 bits per heavy atom. The molecule has 12 heteroatoms. The second-order valence-corrected chi connectivity index (χ2v) is 13.0. The molecular weight excluding hydrogens is 601 g/mol. The summed E-state index contributed by atoms with van der Waals surface area (Å²) in [6.07, 6.45) is 0.178. The van der Waals surface area contributed by atoms with Gasteiger partial charge >= 0.3 is 0 Å². The molecule has 9 nitrogen and oxygen atoms in total. The van der Waals surface area contributed by atoms with Gasteiger partial charge < -0.3 is 19.7 Å². The number of rotatable bonds is 12. The quantitative estimate of drug-likeness (QED) is 0.299. The average molecular weight is 635 g/mol. The maximum absolute atomic E-state index is 14.3. The van der Waals surface area contributed by atoms with Crippen molar-refractivity contribution in [3.63, 3.8) is 0 Å². The van der Waals surface area contributed by atoms with Gasteiger partial charge in [-0.1, -0.05) is 59.6 Å². The number of hydrogen-bond acceptors (Lipinski definition) is 6. The third-order valence-corrected chi connectivity index (χ3v) is 9.17. The van der Waals surface area contributed by atoms with Gasteiger partial charge in [0.05, 0.1) is 11.4 Å². The highest BCUT2D eigenvalue weighted by atomic mass is 35.5. The van der Waals surface area contributed by atoms with Crippen LogP contribution >= 0.6 is 23.2 Å². The van der Waals surface area contributed by atoms with Gasteiger partial charge in [0.2, 0.25) is 28.6 Å². The molecule has 4 rings (SSSR count). The van der Waals surface area contributed by atoms with E-state index in [1.165, 1.54) is 17.9 Å². The highest BCUT2D eigenvalue weighted by Gasteiger charge is 2.35. The van der Waals surface area contributed by atoms with E-state index in [-0.39, 0.29) is 37.2 Å². The van der Waals surface area contributed by atoms with Crippen LogP contribution in [0.15, 0.2) is 66.7 Å². The molecule has 1 N–H and O–H groups in total. The molecule has 3 aromatic rings. The Kier molecular flexibility index (Phi) is 10.2. The molecule has 1 aliphatic rings. The Labute approximate surface area is 256 Å². The number of ether oxygens (including phenoxy) is 2. The highest BCUT2D eigenvalue weighted by molar-refractivity contribution is 7.92. The van der Waals surface area contributed by atoms with Crippen LogP contribution < -0.4 is 19.1 Å². The fourth-order valence-corrected chi connectivity index (χ4v) is 6.12. The third kappa shape index (κ3) is 7.48. The number of sulfonamides is 1. The van der Waals surface area contributed by atoms with Crippen molar-refractivity contribution in [3.8, 4) is 11.5 Å². The lowest BCUT2D eigenvalue weighted by Gasteiger charge is -2.34. The third-order valence-electron chi connectivity index (χ3n) is 6.72. The van der Waals surface area contributed by atoms with E-state index in [9.17, 15) is 18.0 Å². The molecule has 0 bridgehead atoms. The first-order valence-electron chi connectivity index (χ1n) is 13.5. The maximum atomic E-state index is 14.3. The summed E-state index contributed by atoms with van der Waals surface area (Å²) in [5.74, 6) is -0.415. The number of hydrogen-bond donors (Lipinski definition) is 1. The molecule has 0 radical (unpaired) electrons. The summed E-state index contributed by atoms with van der Waals surface area (Å²) in [5, 5.41) is 3.54. The van der Waals surface area contributed by atoms with Gasteiger partial charge in [0.1, 0.15) is 12.6 Å². The first-order chi connectivity index (χ1) is 20.0. The Morgan fingerprint density at radius 1 is 0.952 bits per heavy atom. The first-order valence-corrected chi connectivity index (χ1v) is 15.8. The van der Waals surface area contributed by atoms with Gasteiger partial charge in [0.25, 0.3) is 0 Å². The Morgan fingerprint density at radius 2 is 1.62 bits per heavy atom.